The molecule has 1 atom stereocenters. The van der Waals surface area contributed by atoms with E-state index in [1.54, 1.807) is 0 Å². The summed E-state index contributed by atoms with van der Waals surface area (Å²) < 4.78 is 0. The van der Waals surface area contributed by atoms with E-state index in [1.807, 2.05) is 0 Å². The molecule has 0 saturated heterocycles. The summed E-state index contributed by atoms with van der Waals surface area (Å²) in [5.74, 6) is 1.76. The molecular weight excluding hydrogens is 280 g/mol. The van der Waals surface area contributed by atoms with Crippen molar-refractivity contribution in [1.29, 1.82) is 0 Å². The molecule has 0 aromatic heterocycles. The lowest BCUT2D eigenvalue weighted by Crippen LogP contribution is -2.21. The van der Waals surface area contributed by atoms with Crippen LogP contribution < -0.4 is 5.32 Å². The molecule has 140 valence electrons. The Kier molecular flexibility index (Phi) is 16.7. The van der Waals surface area contributed by atoms with Gasteiger partial charge in [0.15, 0.2) is 0 Å². The van der Waals surface area contributed by atoms with Crippen molar-refractivity contribution in [3.05, 3.63) is 0 Å². The third-order valence-electron chi connectivity index (χ3n) is 4.82. The molecule has 0 amide bonds. The van der Waals surface area contributed by atoms with Crippen LogP contribution in [0.3, 0.4) is 0 Å². The molecule has 0 saturated carbocycles. The summed E-state index contributed by atoms with van der Waals surface area (Å²) in [6, 6.07) is 0. The summed E-state index contributed by atoms with van der Waals surface area (Å²) >= 11 is 0. The average molecular weight is 327 g/mol. The molecule has 0 fully saturated rings. The third-order valence-corrected chi connectivity index (χ3v) is 4.82. The van der Waals surface area contributed by atoms with Crippen molar-refractivity contribution in [2.24, 2.45) is 11.8 Å². The van der Waals surface area contributed by atoms with E-state index in [1.165, 1.54) is 90.4 Å². The lowest BCUT2D eigenvalue weighted by atomic mass is 9.98. The quantitative estimate of drug-likeness (QED) is 0.344. The van der Waals surface area contributed by atoms with Gasteiger partial charge in [-0.25, -0.2) is 0 Å². The van der Waals surface area contributed by atoms with Gasteiger partial charge in [0.2, 0.25) is 0 Å². The molecule has 2 nitrogen and oxygen atoms in total. The molecule has 1 unspecified atom stereocenters. The third kappa shape index (κ3) is 18.1. The van der Waals surface area contributed by atoms with E-state index < -0.39 is 0 Å². The monoisotopic (exact) mass is 326 g/mol. The first-order chi connectivity index (χ1) is 11.1. The summed E-state index contributed by atoms with van der Waals surface area (Å²) in [5, 5.41) is 3.59. The summed E-state index contributed by atoms with van der Waals surface area (Å²) in [6.45, 7) is 14.3. The van der Waals surface area contributed by atoms with Gasteiger partial charge in [0.25, 0.3) is 0 Å². The van der Waals surface area contributed by atoms with E-state index >= 15 is 0 Å². The van der Waals surface area contributed by atoms with Gasteiger partial charge in [-0.05, 0) is 83.6 Å². The fourth-order valence-electron chi connectivity index (χ4n) is 3.07. The Hall–Kier alpha value is -0.0800. The average Bonchev–Trinajstić information content (AvgIpc) is 2.51. The van der Waals surface area contributed by atoms with Crippen molar-refractivity contribution < 1.29 is 0 Å². The smallest absolute Gasteiger partial charge is 0.00217 e. The highest BCUT2D eigenvalue weighted by molar-refractivity contribution is 4.58. The van der Waals surface area contributed by atoms with E-state index in [2.05, 4.69) is 45.0 Å². The van der Waals surface area contributed by atoms with Gasteiger partial charge in [-0.1, -0.05) is 53.4 Å². The standard InChI is InChI=1S/C21H46N2/c1-6-7-18-23(5)19-12-15-21(4)14-9-8-10-16-22-17-11-13-20(2)3/h20-22H,6-19H2,1-5H3. The number of hydrogen-bond acceptors (Lipinski definition) is 2. The molecule has 23 heavy (non-hydrogen) atoms. The van der Waals surface area contributed by atoms with Crippen LogP contribution in [0.1, 0.15) is 91.9 Å². The zero-order chi connectivity index (χ0) is 17.3. The number of nitrogens with one attached hydrogen (secondary N) is 1. The summed E-state index contributed by atoms with van der Waals surface area (Å²) in [6.07, 6.45) is 13.7. The largest absolute Gasteiger partial charge is 0.317 e. The minimum absolute atomic E-state index is 0.852. The van der Waals surface area contributed by atoms with Gasteiger partial charge in [-0.15, -0.1) is 0 Å². The van der Waals surface area contributed by atoms with E-state index in [0.29, 0.717) is 0 Å². The molecule has 0 radical (unpaired) electrons. The molecule has 0 aromatic carbocycles. The lowest BCUT2D eigenvalue weighted by Gasteiger charge is -2.17. The molecule has 0 aliphatic heterocycles. The van der Waals surface area contributed by atoms with Crippen molar-refractivity contribution in [3.63, 3.8) is 0 Å². The highest BCUT2D eigenvalue weighted by atomic mass is 15.1. The van der Waals surface area contributed by atoms with Crippen molar-refractivity contribution >= 4 is 0 Å². The van der Waals surface area contributed by atoms with Crippen LogP contribution in [-0.4, -0.2) is 38.1 Å². The fourth-order valence-corrected chi connectivity index (χ4v) is 3.07. The second kappa shape index (κ2) is 16.8. The predicted molar refractivity (Wildman–Crippen MR) is 106 cm³/mol. The summed E-state index contributed by atoms with van der Waals surface area (Å²) in [4.78, 5) is 2.50. The van der Waals surface area contributed by atoms with Crippen molar-refractivity contribution in [2.75, 3.05) is 33.2 Å². The van der Waals surface area contributed by atoms with Gasteiger partial charge in [-0.2, -0.15) is 0 Å². The molecule has 0 rings (SSSR count). The maximum absolute atomic E-state index is 3.59. The molecular formula is C21H46N2. The normalized spacial score (nSPS) is 13.2. The van der Waals surface area contributed by atoms with E-state index in [4.69, 9.17) is 0 Å². The molecule has 0 aliphatic carbocycles. The lowest BCUT2D eigenvalue weighted by molar-refractivity contribution is 0.306. The number of nitrogens with zero attached hydrogens (tertiary/aromatic N) is 1. The molecule has 0 aliphatic rings. The first-order valence-electron chi connectivity index (χ1n) is 10.5. The Balaban J connectivity index is 3.25. The van der Waals surface area contributed by atoms with Crippen LogP contribution in [-0.2, 0) is 0 Å². The van der Waals surface area contributed by atoms with Crippen LogP contribution in [0, 0.1) is 11.8 Å². The van der Waals surface area contributed by atoms with Gasteiger partial charge in [-0.3, -0.25) is 0 Å². The van der Waals surface area contributed by atoms with Crippen LogP contribution in [0.5, 0.6) is 0 Å². The maximum atomic E-state index is 3.59. The maximum Gasteiger partial charge on any atom is -0.00217 e. The van der Waals surface area contributed by atoms with Crippen molar-refractivity contribution in [2.45, 2.75) is 91.9 Å². The Morgan fingerprint density at radius 3 is 2.09 bits per heavy atom. The predicted octanol–water partition coefficient (Wildman–Crippen LogP) is 5.72. The van der Waals surface area contributed by atoms with Crippen LogP contribution in [0.4, 0.5) is 0 Å². The van der Waals surface area contributed by atoms with Gasteiger partial charge in [0, 0.05) is 0 Å². The minimum Gasteiger partial charge on any atom is -0.317 e. The fraction of sp³-hybridized carbons (Fsp3) is 1.00. The molecule has 0 spiro atoms. The van der Waals surface area contributed by atoms with Crippen LogP contribution in [0.25, 0.3) is 0 Å². The Labute approximate surface area is 147 Å². The van der Waals surface area contributed by atoms with Crippen LogP contribution in [0.15, 0.2) is 0 Å². The van der Waals surface area contributed by atoms with Crippen molar-refractivity contribution in [3.8, 4) is 0 Å². The van der Waals surface area contributed by atoms with Gasteiger partial charge >= 0.3 is 0 Å². The number of rotatable bonds is 17. The van der Waals surface area contributed by atoms with E-state index in [0.717, 1.165) is 11.8 Å². The summed E-state index contributed by atoms with van der Waals surface area (Å²) in [7, 11) is 2.27. The van der Waals surface area contributed by atoms with Gasteiger partial charge in [0.05, 0.1) is 0 Å². The Morgan fingerprint density at radius 2 is 1.39 bits per heavy atom. The first kappa shape index (κ1) is 22.9. The molecule has 0 aromatic rings. The van der Waals surface area contributed by atoms with Gasteiger partial charge < -0.3 is 10.2 Å². The number of hydrogen-bond donors (Lipinski definition) is 1. The molecule has 2 heteroatoms. The Morgan fingerprint density at radius 1 is 0.739 bits per heavy atom. The molecule has 0 bridgehead atoms. The Bertz CT molecular complexity index is 228. The first-order valence-corrected chi connectivity index (χ1v) is 10.5. The second-order valence-electron chi connectivity index (χ2n) is 8.04. The highest BCUT2D eigenvalue weighted by Gasteiger charge is 2.04. The molecule has 1 N–H and O–H groups in total. The van der Waals surface area contributed by atoms with Crippen LogP contribution in [0.2, 0.25) is 0 Å². The molecule has 0 heterocycles. The zero-order valence-electron chi connectivity index (χ0n) is 17.0. The highest BCUT2D eigenvalue weighted by Crippen LogP contribution is 2.15. The summed E-state index contributed by atoms with van der Waals surface area (Å²) in [5.41, 5.74) is 0. The van der Waals surface area contributed by atoms with Crippen molar-refractivity contribution in [1.82, 2.24) is 10.2 Å². The van der Waals surface area contributed by atoms with Crippen LogP contribution >= 0.6 is 0 Å². The number of unbranched alkanes of at least 4 members (excludes halogenated alkanes) is 3. The minimum atomic E-state index is 0.852. The second-order valence-corrected chi connectivity index (χ2v) is 8.04. The zero-order valence-corrected chi connectivity index (χ0v) is 17.0. The van der Waals surface area contributed by atoms with E-state index in [-0.39, 0.29) is 0 Å². The topological polar surface area (TPSA) is 15.3 Å². The van der Waals surface area contributed by atoms with E-state index in [9.17, 15) is 0 Å². The van der Waals surface area contributed by atoms with Gasteiger partial charge in [0.1, 0.15) is 0 Å². The SMILES string of the molecule is CCCCN(C)CCCC(C)CCCCCNCCCC(C)C.